The van der Waals surface area contributed by atoms with Gasteiger partial charge in [0.05, 0.1) is 20.5 Å². The van der Waals surface area contributed by atoms with E-state index in [0.717, 1.165) is 0 Å². The number of pyridine rings is 1. The van der Waals surface area contributed by atoms with Crippen LogP contribution in [0, 0.1) is 10.1 Å². The molecule has 4 aromatic rings. The van der Waals surface area contributed by atoms with Gasteiger partial charge in [0.2, 0.25) is 0 Å². The van der Waals surface area contributed by atoms with Crippen molar-refractivity contribution < 1.29 is 14.1 Å². The first-order chi connectivity index (χ1) is 17.4. The maximum atomic E-state index is 13.4. The van der Waals surface area contributed by atoms with Crippen molar-refractivity contribution in [1.82, 2.24) is 4.98 Å². The Morgan fingerprint density at radius 3 is 2.58 bits per heavy atom. The molecule has 2 aromatic heterocycles. The number of halogens is 2. The molecule has 2 aromatic carbocycles. The Balaban J connectivity index is 1.50. The lowest BCUT2D eigenvalue weighted by Crippen LogP contribution is -2.28. The van der Waals surface area contributed by atoms with E-state index in [9.17, 15) is 14.9 Å². The molecule has 178 valence electrons. The predicted molar refractivity (Wildman–Crippen MR) is 142 cm³/mol. The second kappa shape index (κ2) is 9.98. The minimum atomic E-state index is -0.521. The van der Waals surface area contributed by atoms with Gasteiger partial charge in [-0.15, -0.1) is 0 Å². The monoisotopic (exact) mass is 536 g/mol. The number of anilines is 1. The summed E-state index contributed by atoms with van der Waals surface area (Å²) in [6, 6.07) is 20.1. The molecular weight excluding hydrogens is 523 g/mol. The summed E-state index contributed by atoms with van der Waals surface area (Å²) in [6.07, 6.45) is 3.17. The highest BCUT2D eigenvalue weighted by Gasteiger charge is 2.35. The van der Waals surface area contributed by atoms with Crippen LogP contribution < -0.4 is 4.90 Å². The summed E-state index contributed by atoms with van der Waals surface area (Å²) in [4.78, 5) is 34.4. The maximum absolute atomic E-state index is 13.4. The number of amides is 1. The lowest BCUT2D eigenvalue weighted by atomic mass is 10.1. The van der Waals surface area contributed by atoms with E-state index in [-0.39, 0.29) is 21.8 Å². The highest BCUT2D eigenvalue weighted by molar-refractivity contribution is 8.19. The molecule has 8 nitrogen and oxygen atoms in total. The second-order valence-electron chi connectivity index (χ2n) is 7.42. The van der Waals surface area contributed by atoms with Crippen LogP contribution in [0.1, 0.15) is 5.76 Å². The minimum absolute atomic E-state index is 0.118. The van der Waals surface area contributed by atoms with E-state index in [1.54, 1.807) is 36.5 Å². The van der Waals surface area contributed by atoms with Gasteiger partial charge in [0.25, 0.3) is 11.6 Å². The van der Waals surface area contributed by atoms with Gasteiger partial charge in [0, 0.05) is 30.0 Å². The number of carbonyl (C=O) groups excluding carboxylic acids is 1. The van der Waals surface area contributed by atoms with Crippen molar-refractivity contribution in [1.29, 1.82) is 0 Å². The summed E-state index contributed by atoms with van der Waals surface area (Å²) < 4.78 is 5.89. The van der Waals surface area contributed by atoms with Crippen LogP contribution in [0.15, 0.2) is 93.3 Å². The third kappa shape index (κ3) is 4.76. The third-order valence-electron chi connectivity index (χ3n) is 5.11. The Hall–Kier alpha value is -3.92. The zero-order chi connectivity index (χ0) is 25.2. The highest BCUT2D eigenvalue weighted by Crippen LogP contribution is 2.39. The Kier molecular flexibility index (Phi) is 6.60. The van der Waals surface area contributed by atoms with Crippen molar-refractivity contribution in [2.45, 2.75) is 0 Å². The van der Waals surface area contributed by atoms with Crippen LogP contribution in [-0.2, 0) is 4.79 Å². The van der Waals surface area contributed by atoms with Crippen molar-refractivity contribution in [3.8, 4) is 11.3 Å². The fourth-order valence-corrected chi connectivity index (χ4v) is 4.84. The minimum Gasteiger partial charge on any atom is -0.457 e. The molecule has 0 radical (unpaired) electrons. The molecule has 0 unspecified atom stereocenters. The van der Waals surface area contributed by atoms with Gasteiger partial charge < -0.3 is 4.42 Å². The van der Waals surface area contributed by atoms with Crippen molar-refractivity contribution in [3.63, 3.8) is 0 Å². The van der Waals surface area contributed by atoms with E-state index in [0.29, 0.717) is 38.5 Å². The van der Waals surface area contributed by atoms with Crippen molar-refractivity contribution in [3.05, 3.63) is 110 Å². The molecule has 11 heteroatoms. The van der Waals surface area contributed by atoms with E-state index in [4.69, 9.17) is 27.6 Å². The molecule has 3 heterocycles. The molecule has 1 amide bonds. The van der Waals surface area contributed by atoms with Gasteiger partial charge in [-0.05, 0) is 54.2 Å². The van der Waals surface area contributed by atoms with Crippen molar-refractivity contribution in [2.24, 2.45) is 4.99 Å². The summed E-state index contributed by atoms with van der Waals surface area (Å²) >= 11 is 13.6. The Morgan fingerprint density at radius 2 is 1.86 bits per heavy atom. The fraction of sp³-hybridized carbons (Fsp3) is 0. The zero-order valence-electron chi connectivity index (χ0n) is 18.2. The lowest BCUT2D eigenvalue weighted by Gasteiger charge is -2.15. The van der Waals surface area contributed by atoms with Gasteiger partial charge in [0.1, 0.15) is 17.2 Å². The van der Waals surface area contributed by atoms with Crippen LogP contribution in [-0.4, -0.2) is 21.0 Å². The number of benzene rings is 2. The van der Waals surface area contributed by atoms with E-state index in [1.807, 2.05) is 30.3 Å². The quantitative estimate of drug-likeness (QED) is 0.114. The first-order valence-electron chi connectivity index (χ1n) is 10.4. The normalized spacial score (nSPS) is 15.7. The molecule has 0 spiro atoms. The Morgan fingerprint density at radius 1 is 1.06 bits per heavy atom. The average molecular weight is 537 g/mol. The maximum Gasteiger partial charge on any atom is 0.271 e. The number of aromatic nitrogens is 1. The molecule has 0 aliphatic carbocycles. The number of thioether (sulfide) groups is 1. The molecule has 0 atom stereocenters. The summed E-state index contributed by atoms with van der Waals surface area (Å²) in [7, 11) is 0. The zero-order valence-corrected chi connectivity index (χ0v) is 20.5. The number of nitro groups is 1. The van der Waals surface area contributed by atoms with Crippen molar-refractivity contribution in [2.75, 3.05) is 4.90 Å². The number of amidine groups is 1. The van der Waals surface area contributed by atoms with Crippen LogP contribution >= 0.6 is 35.0 Å². The number of furan rings is 1. The van der Waals surface area contributed by atoms with E-state index < -0.39 is 4.92 Å². The molecule has 1 aliphatic heterocycles. The smallest absolute Gasteiger partial charge is 0.271 e. The summed E-state index contributed by atoms with van der Waals surface area (Å²) in [5.74, 6) is 0.536. The summed E-state index contributed by atoms with van der Waals surface area (Å²) in [5, 5.41) is 11.8. The van der Waals surface area contributed by atoms with Gasteiger partial charge in [-0.1, -0.05) is 41.4 Å². The number of rotatable bonds is 5. The van der Waals surface area contributed by atoms with Crippen LogP contribution in [0.3, 0.4) is 0 Å². The molecule has 1 saturated heterocycles. The first kappa shape index (κ1) is 23.8. The number of non-ortho nitro benzene ring substituents is 1. The van der Waals surface area contributed by atoms with Gasteiger partial charge in [-0.3, -0.25) is 19.8 Å². The van der Waals surface area contributed by atoms with Crippen LogP contribution in [0.25, 0.3) is 17.4 Å². The first-order valence-corrected chi connectivity index (χ1v) is 12.0. The average Bonchev–Trinajstić information content (AvgIpc) is 3.45. The number of nitro benzene ring substituents is 1. The van der Waals surface area contributed by atoms with Crippen LogP contribution in [0.4, 0.5) is 17.1 Å². The third-order valence-corrected chi connectivity index (χ3v) is 6.68. The lowest BCUT2D eigenvalue weighted by molar-refractivity contribution is -0.384. The van der Waals surface area contributed by atoms with Gasteiger partial charge in [0.15, 0.2) is 10.3 Å². The molecule has 0 bridgehead atoms. The van der Waals surface area contributed by atoms with E-state index >= 15 is 0 Å². The molecule has 0 saturated carbocycles. The fourth-order valence-electron chi connectivity index (χ4n) is 3.44. The number of hydrogen-bond donors (Lipinski definition) is 0. The number of nitrogens with zero attached hydrogens (tertiary/aromatic N) is 4. The number of aliphatic imine (C=N–C) groups is 1. The van der Waals surface area contributed by atoms with Crippen LogP contribution in [0.5, 0.6) is 0 Å². The molecule has 36 heavy (non-hydrogen) atoms. The largest absolute Gasteiger partial charge is 0.457 e. The van der Waals surface area contributed by atoms with Crippen LogP contribution in [0.2, 0.25) is 10.2 Å². The van der Waals surface area contributed by atoms with Crippen molar-refractivity contribution >= 4 is 69.2 Å². The predicted octanol–water partition coefficient (Wildman–Crippen LogP) is 7.37. The molecule has 5 rings (SSSR count). The van der Waals surface area contributed by atoms with Gasteiger partial charge in [-0.25, -0.2) is 9.98 Å². The van der Waals surface area contributed by atoms with E-state index in [1.165, 1.54) is 34.9 Å². The number of carbonyl (C=O) groups is 1. The molecule has 1 fully saturated rings. The molecular formula is C25H14Cl2N4O4S. The number of hydrogen-bond acceptors (Lipinski definition) is 7. The van der Waals surface area contributed by atoms with E-state index in [2.05, 4.69) is 9.98 Å². The summed E-state index contributed by atoms with van der Waals surface area (Å²) in [5.41, 5.74) is 1.46. The highest BCUT2D eigenvalue weighted by atomic mass is 35.5. The summed E-state index contributed by atoms with van der Waals surface area (Å²) in [6.45, 7) is 0. The topological polar surface area (TPSA) is 102 Å². The molecule has 1 aliphatic rings. The standard InChI is InChI=1S/C25H14Cl2N4O4S/c26-19-13-16(31(33)34)8-10-18(19)21-11-9-17(35-21)14-22-24(32)30(15-5-2-1-3-6-15)25(36-22)29-20-7-4-12-28-23(20)27/h1-14H/b22-14+,29-25?. The van der Waals surface area contributed by atoms with Gasteiger partial charge in [-0.2, -0.15) is 0 Å². The Bertz CT molecular complexity index is 1550. The SMILES string of the molecule is O=C1/C(=C\c2ccc(-c3ccc([N+](=O)[O-])cc3Cl)o2)SC(=Nc2cccnc2Cl)N1c1ccccc1. The number of para-hydroxylation sites is 1. The molecule has 0 N–H and O–H groups in total. The Labute approximate surface area is 219 Å². The van der Waals surface area contributed by atoms with Gasteiger partial charge >= 0.3 is 0 Å². The second-order valence-corrected chi connectivity index (χ2v) is 9.19.